The van der Waals surface area contributed by atoms with Gasteiger partial charge in [0.05, 0.1) is 11.2 Å². The van der Waals surface area contributed by atoms with Crippen LogP contribution in [0.25, 0.3) is 0 Å². The van der Waals surface area contributed by atoms with Gasteiger partial charge in [-0.05, 0) is 37.5 Å². The second kappa shape index (κ2) is 6.70. The minimum absolute atomic E-state index is 0.0184. The molecule has 0 aliphatic heterocycles. The first kappa shape index (κ1) is 15.5. The van der Waals surface area contributed by atoms with Crippen LogP contribution in [0.4, 0.5) is 4.39 Å². The molecule has 2 rings (SSSR count). The lowest BCUT2D eigenvalue weighted by Crippen LogP contribution is -2.49. The first-order chi connectivity index (χ1) is 10.1. The fourth-order valence-electron chi connectivity index (χ4n) is 2.28. The highest BCUT2D eigenvalue weighted by Gasteiger charge is 2.37. The van der Waals surface area contributed by atoms with Gasteiger partial charge in [0, 0.05) is 19.2 Å². The maximum Gasteiger partial charge on any atom is 0.254 e. The topological polar surface area (TPSA) is 58.6 Å². The molecule has 1 aliphatic rings. The van der Waals surface area contributed by atoms with Crippen LogP contribution in [0, 0.1) is 17.7 Å². The third kappa shape index (κ3) is 3.60. The molecule has 5 heteroatoms. The summed E-state index contributed by atoms with van der Waals surface area (Å²) >= 11 is 0. The van der Waals surface area contributed by atoms with Crippen LogP contribution in [0.1, 0.15) is 35.2 Å². The van der Waals surface area contributed by atoms with Crippen molar-refractivity contribution in [3.8, 4) is 11.8 Å². The molecule has 0 atom stereocenters. The largest absolute Gasteiger partial charge is 0.384 e. The summed E-state index contributed by atoms with van der Waals surface area (Å²) in [5.74, 6) is 3.94. The number of benzene rings is 1. The summed E-state index contributed by atoms with van der Waals surface area (Å²) in [7, 11) is 1.63. The molecule has 2 N–H and O–H groups in total. The monoisotopic (exact) mass is 291 g/mol. The van der Waals surface area contributed by atoms with E-state index in [1.807, 2.05) is 0 Å². The predicted molar refractivity (Wildman–Crippen MR) is 76.3 cm³/mol. The fourth-order valence-corrected chi connectivity index (χ4v) is 2.28. The van der Waals surface area contributed by atoms with Gasteiger partial charge in [0.2, 0.25) is 0 Å². The van der Waals surface area contributed by atoms with Gasteiger partial charge in [-0.25, -0.2) is 4.39 Å². The van der Waals surface area contributed by atoms with Crippen LogP contribution in [0.2, 0.25) is 0 Å². The van der Waals surface area contributed by atoms with E-state index in [4.69, 9.17) is 9.84 Å². The number of halogens is 1. The highest BCUT2D eigenvalue weighted by molar-refractivity contribution is 5.94. The zero-order valence-corrected chi connectivity index (χ0v) is 11.9. The van der Waals surface area contributed by atoms with Crippen LogP contribution >= 0.6 is 0 Å². The molecule has 1 aliphatic carbocycles. The van der Waals surface area contributed by atoms with Crippen LogP contribution in [0.5, 0.6) is 0 Å². The van der Waals surface area contributed by atoms with Crippen molar-refractivity contribution in [2.24, 2.45) is 0 Å². The number of amides is 1. The summed E-state index contributed by atoms with van der Waals surface area (Å²) < 4.78 is 19.3. The Labute approximate surface area is 123 Å². The Morgan fingerprint density at radius 2 is 2.29 bits per heavy atom. The van der Waals surface area contributed by atoms with E-state index in [0.717, 1.165) is 19.3 Å². The maximum absolute atomic E-state index is 13.9. The molecular formula is C16H18FNO3. The fraction of sp³-hybridized carbons (Fsp3) is 0.438. The van der Waals surface area contributed by atoms with Crippen molar-refractivity contribution in [3.63, 3.8) is 0 Å². The number of carbonyl (C=O) groups is 1. The lowest BCUT2D eigenvalue weighted by atomic mass is 9.80. The van der Waals surface area contributed by atoms with E-state index in [0.29, 0.717) is 12.1 Å². The maximum atomic E-state index is 13.9. The highest BCUT2D eigenvalue weighted by atomic mass is 19.1. The van der Waals surface area contributed by atoms with Gasteiger partial charge in [-0.15, -0.1) is 0 Å². The van der Waals surface area contributed by atoms with Crippen LogP contribution in [0.15, 0.2) is 18.2 Å². The number of aliphatic hydroxyl groups excluding tert-OH is 1. The van der Waals surface area contributed by atoms with Gasteiger partial charge in [-0.3, -0.25) is 4.79 Å². The van der Waals surface area contributed by atoms with Crippen molar-refractivity contribution in [3.05, 3.63) is 35.1 Å². The van der Waals surface area contributed by atoms with Crippen molar-refractivity contribution >= 4 is 5.91 Å². The third-order valence-corrected chi connectivity index (χ3v) is 3.79. The van der Waals surface area contributed by atoms with Crippen LogP contribution in [-0.4, -0.2) is 36.9 Å². The Morgan fingerprint density at radius 1 is 1.52 bits per heavy atom. The van der Waals surface area contributed by atoms with Crippen molar-refractivity contribution in [2.75, 3.05) is 20.3 Å². The minimum atomic E-state index is -0.627. The molecule has 112 valence electrons. The molecule has 1 saturated carbocycles. The summed E-state index contributed by atoms with van der Waals surface area (Å²) in [5, 5.41) is 11.3. The minimum Gasteiger partial charge on any atom is -0.384 e. The van der Waals surface area contributed by atoms with Gasteiger partial charge in [-0.1, -0.05) is 11.8 Å². The van der Waals surface area contributed by atoms with Crippen molar-refractivity contribution in [1.82, 2.24) is 5.32 Å². The number of methoxy groups -OCH3 is 1. The average Bonchev–Trinajstić information content (AvgIpc) is 2.44. The zero-order chi connectivity index (χ0) is 15.3. The van der Waals surface area contributed by atoms with E-state index in [1.165, 1.54) is 12.1 Å². The molecule has 0 spiro atoms. The van der Waals surface area contributed by atoms with E-state index < -0.39 is 11.7 Å². The van der Waals surface area contributed by atoms with Gasteiger partial charge in [0.15, 0.2) is 0 Å². The van der Waals surface area contributed by atoms with Crippen molar-refractivity contribution in [2.45, 2.75) is 24.9 Å². The van der Waals surface area contributed by atoms with Crippen LogP contribution in [-0.2, 0) is 4.74 Å². The molecule has 1 aromatic rings. The zero-order valence-electron chi connectivity index (χ0n) is 11.9. The molecular weight excluding hydrogens is 273 g/mol. The standard InChI is InChI=1S/C16H18FNO3/c1-21-16(7-3-8-16)11-18-15(20)13-6-5-12(4-2-9-19)10-14(13)17/h5-6,10,19H,3,7-9,11H2,1H3,(H,18,20). The Kier molecular flexibility index (Phi) is 4.94. The molecule has 0 saturated heterocycles. The Morgan fingerprint density at radius 3 is 2.81 bits per heavy atom. The van der Waals surface area contributed by atoms with E-state index >= 15 is 0 Å². The molecule has 21 heavy (non-hydrogen) atoms. The Balaban J connectivity index is 2.02. The molecule has 0 radical (unpaired) electrons. The van der Waals surface area contributed by atoms with E-state index in [-0.39, 0.29) is 17.8 Å². The second-order valence-corrected chi connectivity index (χ2v) is 5.08. The molecule has 0 bridgehead atoms. The number of aliphatic hydroxyl groups is 1. The third-order valence-electron chi connectivity index (χ3n) is 3.79. The number of hydrogen-bond donors (Lipinski definition) is 2. The van der Waals surface area contributed by atoms with Gasteiger partial charge in [0.1, 0.15) is 12.4 Å². The van der Waals surface area contributed by atoms with Gasteiger partial charge < -0.3 is 15.2 Å². The first-order valence-corrected chi connectivity index (χ1v) is 6.83. The molecule has 1 fully saturated rings. The lowest BCUT2D eigenvalue weighted by Gasteiger charge is -2.40. The molecule has 1 aromatic carbocycles. The SMILES string of the molecule is COC1(CNC(=O)c2ccc(C#CCO)cc2F)CCC1. The number of hydrogen-bond acceptors (Lipinski definition) is 3. The van der Waals surface area contributed by atoms with E-state index in [9.17, 15) is 9.18 Å². The average molecular weight is 291 g/mol. The highest BCUT2D eigenvalue weighted by Crippen LogP contribution is 2.34. The van der Waals surface area contributed by atoms with Crippen molar-refractivity contribution < 1.29 is 19.0 Å². The summed E-state index contributed by atoms with van der Waals surface area (Å²) in [4.78, 5) is 12.0. The summed E-state index contributed by atoms with van der Waals surface area (Å²) in [6, 6.07) is 4.13. The summed E-state index contributed by atoms with van der Waals surface area (Å²) in [5.41, 5.74) is 0.110. The van der Waals surface area contributed by atoms with E-state index in [2.05, 4.69) is 17.2 Å². The van der Waals surface area contributed by atoms with Gasteiger partial charge >= 0.3 is 0 Å². The summed E-state index contributed by atoms with van der Waals surface area (Å²) in [6.07, 6.45) is 2.89. The van der Waals surface area contributed by atoms with Gasteiger partial charge in [-0.2, -0.15) is 0 Å². The van der Waals surface area contributed by atoms with Crippen molar-refractivity contribution in [1.29, 1.82) is 0 Å². The number of nitrogens with one attached hydrogen (secondary N) is 1. The van der Waals surface area contributed by atoms with E-state index in [1.54, 1.807) is 13.2 Å². The molecule has 0 aromatic heterocycles. The molecule has 0 heterocycles. The summed E-state index contributed by atoms with van der Waals surface area (Å²) in [6.45, 7) is 0.0940. The molecule has 1 amide bonds. The first-order valence-electron chi connectivity index (χ1n) is 6.83. The Hall–Kier alpha value is -1.90. The molecule has 0 unspecified atom stereocenters. The smallest absolute Gasteiger partial charge is 0.254 e. The number of carbonyl (C=O) groups excluding carboxylic acids is 1. The quantitative estimate of drug-likeness (QED) is 0.826. The second-order valence-electron chi connectivity index (χ2n) is 5.08. The van der Waals surface area contributed by atoms with Crippen LogP contribution < -0.4 is 5.32 Å². The normalized spacial score (nSPS) is 15.6. The predicted octanol–water partition coefficient (Wildman–Crippen LogP) is 1.47. The van der Waals surface area contributed by atoms with Gasteiger partial charge in [0.25, 0.3) is 5.91 Å². The lowest BCUT2D eigenvalue weighted by molar-refractivity contribution is -0.0679. The number of ether oxygens (including phenoxy) is 1. The van der Waals surface area contributed by atoms with Crippen LogP contribution in [0.3, 0.4) is 0 Å². The Bertz CT molecular complexity index is 579. The number of rotatable bonds is 4. The molecule has 4 nitrogen and oxygen atoms in total.